The Morgan fingerprint density at radius 1 is 1.04 bits per heavy atom. The molecule has 0 saturated heterocycles. The molecule has 2 heterocycles. The predicted molar refractivity (Wildman–Crippen MR) is 105 cm³/mol. The number of fused-ring (bicyclic) bond motifs is 1. The first-order chi connectivity index (χ1) is 13.2. The van der Waals surface area contributed by atoms with Crippen LogP contribution in [0.2, 0.25) is 0 Å². The van der Waals surface area contributed by atoms with E-state index in [1.54, 1.807) is 11.1 Å². The highest BCUT2D eigenvalue weighted by Crippen LogP contribution is 2.27. The van der Waals surface area contributed by atoms with Gasteiger partial charge >= 0.3 is 0 Å². The number of hydrogen-bond donors (Lipinski definition) is 0. The first-order valence-electron chi connectivity index (χ1n) is 9.55. The zero-order chi connectivity index (χ0) is 18.6. The summed E-state index contributed by atoms with van der Waals surface area (Å²) < 4.78 is 1.97. The second kappa shape index (κ2) is 7.74. The highest BCUT2D eigenvalue weighted by Gasteiger charge is 2.26. The summed E-state index contributed by atoms with van der Waals surface area (Å²) in [7, 11) is 1.82. The van der Waals surface area contributed by atoms with E-state index in [1.807, 2.05) is 60.3 Å². The second-order valence-electron chi connectivity index (χ2n) is 7.06. The van der Waals surface area contributed by atoms with E-state index in [0.717, 1.165) is 42.6 Å². The summed E-state index contributed by atoms with van der Waals surface area (Å²) in [5.74, 6) is -0.0338. The van der Waals surface area contributed by atoms with Crippen molar-refractivity contribution in [2.45, 2.75) is 38.6 Å². The van der Waals surface area contributed by atoms with Crippen LogP contribution in [0.5, 0.6) is 0 Å². The lowest BCUT2D eigenvalue weighted by Crippen LogP contribution is -2.28. The van der Waals surface area contributed by atoms with E-state index in [1.165, 1.54) is 12.1 Å². The summed E-state index contributed by atoms with van der Waals surface area (Å²) in [5.41, 5.74) is 4.79. The standard InChI is InChI=1S/C22H24N4O/c1-25(16-17-10-8-9-15-23-17)22(27)21-19-13-6-3-7-14-20(19)26(24-21)18-11-4-2-5-12-18/h2,4-5,8-12,15H,3,6-7,13-14,16H2,1H3. The lowest BCUT2D eigenvalue weighted by atomic mass is 10.1. The molecule has 0 radical (unpaired) electrons. The van der Waals surface area contributed by atoms with Crippen LogP contribution < -0.4 is 0 Å². The Hall–Kier alpha value is -2.95. The largest absolute Gasteiger partial charge is 0.334 e. The fourth-order valence-electron chi connectivity index (χ4n) is 3.72. The average Bonchev–Trinajstić information content (AvgIpc) is 2.89. The number of benzene rings is 1. The first kappa shape index (κ1) is 17.5. The van der Waals surface area contributed by atoms with Gasteiger partial charge in [0.2, 0.25) is 0 Å². The molecule has 4 rings (SSSR count). The molecule has 0 N–H and O–H groups in total. The van der Waals surface area contributed by atoms with E-state index in [2.05, 4.69) is 4.98 Å². The minimum Gasteiger partial charge on any atom is -0.334 e. The van der Waals surface area contributed by atoms with E-state index in [0.29, 0.717) is 12.2 Å². The van der Waals surface area contributed by atoms with Gasteiger partial charge in [0.05, 0.1) is 17.9 Å². The van der Waals surface area contributed by atoms with Crippen LogP contribution in [0.15, 0.2) is 54.7 Å². The number of para-hydroxylation sites is 1. The van der Waals surface area contributed by atoms with Gasteiger partial charge in [-0.1, -0.05) is 30.7 Å². The van der Waals surface area contributed by atoms with Gasteiger partial charge in [0, 0.05) is 24.5 Å². The summed E-state index contributed by atoms with van der Waals surface area (Å²) in [6, 6.07) is 15.9. The average molecular weight is 360 g/mol. The number of aromatic nitrogens is 3. The van der Waals surface area contributed by atoms with E-state index >= 15 is 0 Å². The Labute approximate surface area is 159 Å². The smallest absolute Gasteiger partial charge is 0.274 e. The topological polar surface area (TPSA) is 51.0 Å². The van der Waals surface area contributed by atoms with E-state index in [-0.39, 0.29) is 5.91 Å². The number of carbonyl (C=O) groups is 1. The molecule has 1 aromatic carbocycles. The molecule has 0 unspecified atom stereocenters. The summed E-state index contributed by atoms with van der Waals surface area (Å²) in [5, 5.41) is 4.77. The van der Waals surface area contributed by atoms with Gasteiger partial charge in [0.25, 0.3) is 5.91 Å². The molecule has 138 valence electrons. The van der Waals surface area contributed by atoms with E-state index < -0.39 is 0 Å². The maximum absolute atomic E-state index is 13.2. The van der Waals surface area contributed by atoms with Crippen molar-refractivity contribution in [3.63, 3.8) is 0 Å². The van der Waals surface area contributed by atoms with Crippen molar-refractivity contribution in [1.29, 1.82) is 0 Å². The molecule has 0 atom stereocenters. The van der Waals surface area contributed by atoms with Gasteiger partial charge in [-0.05, 0) is 49.9 Å². The normalized spacial score (nSPS) is 13.7. The number of amides is 1. The van der Waals surface area contributed by atoms with Crippen molar-refractivity contribution in [1.82, 2.24) is 19.7 Å². The third-order valence-electron chi connectivity index (χ3n) is 5.11. The van der Waals surface area contributed by atoms with E-state index in [4.69, 9.17) is 5.10 Å². The van der Waals surface area contributed by atoms with Crippen molar-refractivity contribution < 1.29 is 4.79 Å². The molecule has 1 aliphatic carbocycles. The molecule has 0 spiro atoms. The Morgan fingerprint density at radius 2 is 1.81 bits per heavy atom. The lowest BCUT2D eigenvalue weighted by Gasteiger charge is -2.16. The van der Waals surface area contributed by atoms with Crippen LogP contribution in [0.4, 0.5) is 0 Å². The minimum absolute atomic E-state index is 0.0338. The predicted octanol–water partition coefficient (Wildman–Crippen LogP) is 3.81. The van der Waals surface area contributed by atoms with Gasteiger partial charge in [-0.3, -0.25) is 9.78 Å². The zero-order valence-electron chi connectivity index (χ0n) is 15.6. The van der Waals surface area contributed by atoms with Gasteiger partial charge in [0.1, 0.15) is 0 Å². The van der Waals surface area contributed by atoms with Gasteiger partial charge < -0.3 is 4.90 Å². The first-order valence-corrected chi connectivity index (χ1v) is 9.55. The molecule has 3 aromatic rings. The molecular formula is C22H24N4O. The van der Waals surface area contributed by atoms with Crippen LogP contribution in [0, 0.1) is 0 Å². The number of carbonyl (C=O) groups excluding carboxylic acids is 1. The van der Waals surface area contributed by atoms with Crippen LogP contribution in [0.3, 0.4) is 0 Å². The van der Waals surface area contributed by atoms with E-state index in [9.17, 15) is 4.79 Å². The van der Waals surface area contributed by atoms with Gasteiger partial charge in [-0.25, -0.2) is 4.68 Å². The van der Waals surface area contributed by atoms with Crippen molar-refractivity contribution >= 4 is 5.91 Å². The molecule has 0 fully saturated rings. The van der Waals surface area contributed by atoms with Crippen molar-refractivity contribution in [2.75, 3.05) is 7.05 Å². The molecule has 1 aliphatic rings. The molecule has 27 heavy (non-hydrogen) atoms. The molecule has 5 heteroatoms. The summed E-state index contributed by atoms with van der Waals surface area (Å²) in [6.07, 6.45) is 7.08. The highest BCUT2D eigenvalue weighted by molar-refractivity contribution is 5.94. The SMILES string of the molecule is CN(Cc1ccccn1)C(=O)c1nn(-c2ccccc2)c2c1CCCCC2. The van der Waals surface area contributed by atoms with Crippen molar-refractivity contribution in [3.05, 3.63) is 77.4 Å². The van der Waals surface area contributed by atoms with Crippen LogP contribution in [0.1, 0.15) is 46.7 Å². The quantitative estimate of drug-likeness (QED) is 0.665. The lowest BCUT2D eigenvalue weighted by molar-refractivity contribution is 0.0776. The molecule has 0 bridgehead atoms. The maximum Gasteiger partial charge on any atom is 0.274 e. The second-order valence-corrected chi connectivity index (χ2v) is 7.06. The maximum atomic E-state index is 13.2. The van der Waals surface area contributed by atoms with Crippen molar-refractivity contribution in [3.8, 4) is 5.69 Å². The Morgan fingerprint density at radius 3 is 2.59 bits per heavy atom. The molecule has 0 aliphatic heterocycles. The van der Waals surface area contributed by atoms with Gasteiger partial charge in [0.15, 0.2) is 5.69 Å². The molecule has 1 amide bonds. The fraction of sp³-hybridized carbons (Fsp3) is 0.318. The Bertz CT molecular complexity index is 918. The fourth-order valence-corrected chi connectivity index (χ4v) is 3.72. The highest BCUT2D eigenvalue weighted by atomic mass is 16.2. The number of rotatable bonds is 4. The number of hydrogen-bond acceptors (Lipinski definition) is 3. The van der Waals surface area contributed by atoms with Crippen LogP contribution >= 0.6 is 0 Å². The van der Waals surface area contributed by atoms with Gasteiger partial charge in [-0.15, -0.1) is 0 Å². The van der Waals surface area contributed by atoms with Crippen LogP contribution in [0.25, 0.3) is 5.69 Å². The summed E-state index contributed by atoms with van der Waals surface area (Å²) >= 11 is 0. The number of nitrogens with zero attached hydrogens (tertiary/aromatic N) is 4. The zero-order valence-corrected chi connectivity index (χ0v) is 15.6. The third kappa shape index (κ3) is 3.63. The molecule has 5 nitrogen and oxygen atoms in total. The Kier molecular flexibility index (Phi) is 5.01. The van der Waals surface area contributed by atoms with Gasteiger partial charge in [-0.2, -0.15) is 5.10 Å². The third-order valence-corrected chi connectivity index (χ3v) is 5.11. The Balaban J connectivity index is 1.69. The molecule has 2 aromatic heterocycles. The minimum atomic E-state index is -0.0338. The summed E-state index contributed by atoms with van der Waals surface area (Å²) in [4.78, 5) is 19.2. The molecule has 0 saturated carbocycles. The van der Waals surface area contributed by atoms with Crippen LogP contribution in [-0.4, -0.2) is 32.6 Å². The number of pyridine rings is 1. The van der Waals surface area contributed by atoms with Crippen LogP contribution in [-0.2, 0) is 19.4 Å². The summed E-state index contributed by atoms with van der Waals surface area (Å²) in [6.45, 7) is 0.479. The van der Waals surface area contributed by atoms with Crippen molar-refractivity contribution in [2.24, 2.45) is 0 Å². The monoisotopic (exact) mass is 360 g/mol. The molecular weight excluding hydrogens is 336 g/mol.